The predicted octanol–water partition coefficient (Wildman–Crippen LogP) is 0.731. The van der Waals surface area contributed by atoms with E-state index in [1.165, 1.54) is 13.2 Å². The molecular formula is C14H19N3O3. The number of nitrogens with one attached hydrogen (secondary N) is 2. The molecule has 1 aromatic rings. The van der Waals surface area contributed by atoms with E-state index in [0.29, 0.717) is 17.0 Å². The van der Waals surface area contributed by atoms with Crippen LogP contribution in [-0.2, 0) is 4.79 Å². The van der Waals surface area contributed by atoms with Crippen molar-refractivity contribution < 1.29 is 14.3 Å². The Labute approximate surface area is 117 Å². The van der Waals surface area contributed by atoms with Crippen LogP contribution in [0.25, 0.3) is 0 Å². The Morgan fingerprint density at radius 3 is 2.75 bits per heavy atom. The Balaban J connectivity index is 2.20. The molecule has 108 valence electrons. The molecule has 20 heavy (non-hydrogen) atoms. The lowest BCUT2D eigenvalue weighted by molar-refractivity contribution is -0.118. The molecule has 1 aliphatic heterocycles. The molecule has 6 heteroatoms. The van der Waals surface area contributed by atoms with Crippen molar-refractivity contribution in [3.8, 4) is 5.75 Å². The molecule has 1 saturated heterocycles. The first-order valence-corrected chi connectivity index (χ1v) is 6.55. The predicted molar refractivity (Wildman–Crippen MR) is 75.7 cm³/mol. The Hall–Kier alpha value is -2.08. The van der Waals surface area contributed by atoms with E-state index < -0.39 is 5.91 Å². The van der Waals surface area contributed by atoms with Crippen LogP contribution < -0.4 is 21.1 Å². The van der Waals surface area contributed by atoms with E-state index in [4.69, 9.17) is 10.5 Å². The molecule has 0 saturated carbocycles. The second kappa shape index (κ2) is 5.92. The highest BCUT2D eigenvalue weighted by atomic mass is 16.5. The summed E-state index contributed by atoms with van der Waals surface area (Å²) in [6, 6.07) is 4.48. The van der Waals surface area contributed by atoms with E-state index in [9.17, 15) is 9.59 Å². The van der Waals surface area contributed by atoms with Crippen LogP contribution in [0, 0.1) is 5.92 Å². The second-order valence-electron chi connectivity index (χ2n) is 4.97. The van der Waals surface area contributed by atoms with Gasteiger partial charge >= 0.3 is 0 Å². The zero-order valence-electron chi connectivity index (χ0n) is 11.6. The van der Waals surface area contributed by atoms with E-state index in [0.717, 1.165) is 13.0 Å². The number of ether oxygens (including phenoxy) is 1. The molecule has 4 N–H and O–H groups in total. The lowest BCUT2D eigenvalue weighted by atomic mass is 10.0. The number of anilines is 1. The van der Waals surface area contributed by atoms with Crippen molar-refractivity contribution in [1.29, 1.82) is 0 Å². The third-order valence-corrected chi connectivity index (χ3v) is 3.56. The number of carbonyl (C=O) groups excluding carboxylic acids is 2. The van der Waals surface area contributed by atoms with Crippen LogP contribution in [0.1, 0.15) is 23.7 Å². The molecule has 1 heterocycles. The molecule has 1 aromatic carbocycles. The molecule has 0 radical (unpaired) electrons. The molecule has 2 unspecified atom stereocenters. The smallest absolute Gasteiger partial charge is 0.248 e. The average molecular weight is 277 g/mol. The summed E-state index contributed by atoms with van der Waals surface area (Å²) >= 11 is 0. The lowest BCUT2D eigenvalue weighted by Gasteiger charge is -2.17. The topological polar surface area (TPSA) is 93.4 Å². The minimum absolute atomic E-state index is 0.130. The van der Waals surface area contributed by atoms with Crippen molar-refractivity contribution in [2.45, 2.75) is 19.4 Å². The van der Waals surface area contributed by atoms with Crippen LogP contribution in [0.15, 0.2) is 18.2 Å². The van der Waals surface area contributed by atoms with Gasteiger partial charge in [-0.15, -0.1) is 0 Å². The molecule has 0 aliphatic carbocycles. The Morgan fingerprint density at radius 1 is 1.45 bits per heavy atom. The molecule has 0 bridgehead atoms. The van der Waals surface area contributed by atoms with Gasteiger partial charge in [-0.2, -0.15) is 0 Å². The van der Waals surface area contributed by atoms with Gasteiger partial charge in [0.05, 0.1) is 18.8 Å². The maximum Gasteiger partial charge on any atom is 0.248 e. The number of methoxy groups -OCH3 is 1. The van der Waals surface area contributed by atoms with Crippen LogP contribution >= 0.6 is 0 Å². The first-order chi connectivity index (χ1) is 9.52. The maximum absolute atomic E-state index is 12.2. The maximum atomic E-state index is 12.2. The van der Waals surface area contributed by atoms with Crippen LogP contribution in [0.4, 0.5) is 5.69 Å². The van der Waals surface area contributed by atoms with Crippen molar-refractivity contribution in [3.63, 3.8) is 0 Å². The SMILES string of the molecule is COc1ccc(C(N)=O)cc1NC(=O)C1NCCC1C. The fourth-order valence-corrected chi connectivity index (χ4v) is 2.35. The van der Waals surface area contributed by atoms with E-state index in [1.54, 1.807) is 12.1 Å². The monoisotopic (exact) mass is 277 g/mol. The summed E-state index contributed by atoms with van der Waals surface area (Å²) in [5.41, 5.74) is 6.03. The summed E-state index contributed by atoms with van der Waals surface area (Å²) in [5, 5.41) is 5.95. The van der Waals surface area contributed by atoms with E-state index in [2.05, 4.69) is 10.6 Å². The summed E-state index contributed by atoms with van der Waals surface area (Å²) in [5.74, 6) is 0.0970. The fraction of sp³-hybridized carbons (Fsp3) is 0.429. The number of rotatable bonds is 4. The van der Waals surface area contributed by atoms with Crippen LogP contribution in [0.3, 0.4) is 0 Å². The van der Waals surface area contributed by atoms with E-state index in [1.807, 2.05) is 6.92 Å². The normalized spacial score (nSPS) is 21.5. The first kappa shape index (κ1) is 14.3. The Bertz CT molecular complexity index is 530. The quantitative estimate of drug-likeness (QED) is 0.756. The van der Waals surface area contributed by atoms with Gasteiger partial charge in [0.15, 0.2) is 0 Å². The van der Waals surface area contributed by atoms with Gasteiger partial charge in [0.25, 0.3) is 0 Å². The molecular weight excluding hydrogens is 258 g/mol. The van der Waals surface area contributed by atoms with Crippen LogP contribution in [-0.4, -0.2) is 31.5 Å². The largest absolute Gasteiger partial charge is 0.495 e. The van der Waals surface area contributed by atoms with Gasteiger partial charge in [0.1, 0.15) is 5.75 Å². The van der Waals surface area contributed by atoms with Crippen LogP contribution in [0.2, 0.25) is 0 Å². The first-order valence-electron chi connectivity index (χ1n) is 6.55. The Morgan fingerprint density at radius 2 is 2.20 bits per heavy atom. The standard InChI is InChI=1S/C14H19N3O3/c1-8-5-6-16-12(8)14(19)17-10-7-9(13(15)18)3-4-11(10)20-2/h3-4,7-8,12,16H,5-6H2,1-2H3,(H2,15,18)(H,17,19). The number of hydrogen-bond donors (Lipinski definition) is 3. The van der Waals surface area contributed by atoms with E-state index >= 15 is 0 Å². The summed E-state index contributed by atoms with van der Waals surface area (Å²) < 4.78 is 5.18. The van der Waals surface area contributed by atoms with Crippen molar-refractivity contribution >= 4 is 17.5 Å². The number of carbonyl (C=O) groups is 2. The third-order valence-electron chi connectivity index (χ3n) is 3.56. The molecule has 2 rings (SSSR count). The highest BCUT2D eigenvalue weighted by Gasteiger charge is 2.29. The van der Waals surface area contributed by atoms with Crippen molar-refractivity contribution in [3.05, 3.63) is 23.8 Å². The molecule has 1 aliphatic rings. The fourth-order valence-electron chi connectivity index (χ4n) is 2.35. The van der Waals surface area contributed by atoms with Gasteiger partial charge in [-0.25, -0.2) is 0 Å². The molecule has 0 aromatic heterocycles. The summed E-state index contributed by atoms with van der Waals surface area (Å²) in [6.07, 6.45) is 0.969. The lowest BCUT2D eigenvalue weighted by Crippen LogP contribution is -2.39. The molecule has 2 atom stereocenters. The number of benzene rings is 1. The van der Waals surface area contributed by atoms with Gasteiger partial charge in [0, 0.05) is 5.56 Å². The highest BCUT2D eigenvalue weighted by Crippen LogP contribution is 2.26. The van der Waals surface area contributed by atoms with Gasteiger partial charge in [-0.05, 0) is 37.1 Å². The zero-order valence-corrected chi connectivity index (χ0v) is 11.6. The number of hydrogen-bond acceptors (Lipinski definition) is 4. The summed E-state index contributed by atoms with van der Waals surface area (Å²) in [7, 11) is 1.51. The number of amides is 2. The van der Waals surface area contributed by atoms with Crippen LogP contribution in [0.5, 0.6) is 5.75 Å². The molecule has 2 amide bonds. The van der Waals surface area contributed by atoms with Gasteiger partial charge in [0.2, 0.25) is 11.8 Å². The average Bonchev–Trinajstić information content (AvgIpc) is 2.84. The van der Waals surface area contributed by atoms with Gasteiger partial charge in [-0.1, -0.05) is 6.92 Å². The zero-order chi connectivity index (χ0) is 14.7. The summed E-state index contributed by atoms with van der Waals surface area (Å²) in [6.45, 7) is 2.86. The minimum Gasteiger partial charge on any atom is -0.495 e. The Kier molecular flexibility index (Phi) is 4.24. The second-order valence-corrected chi connectivity index (χ2v) is 4.97. The molecule has 0 spiro atoms. The van der Waals surface area contributed by atoms with E-state index in [-0.39, 0.29) is 17.9 Å². The highest BCUT2D eigenvalue weighted by molar-refractivity contribution is 5.99. The van der Waals surface area contributed by atoms with Crippen molar-refractivity contribution in [2.75, 3.05) is 19.0 Å². The van der Waals surface area contributed by atoms with Gasteiger partial charge < -0.3 is 21.1 Å². The van der Waals surface area contributed by atoms with Crippen molar-refractivity contribution in [2.24, 2.45) is 11.7 Å². The number of primary amides is 1. The minimum atomic E-state index is -0.546. The molecule has 1 fully saturated rings. The third kappa shape index (κ3) is 2.91. The summed E-state index contributed by atoms with van der Waals surface area (Å²) in [4.78, 5) is 23.4. The number of nitrogens with two attached hydrogens (primary N) is 1. The molecule has 6 nitrogen and oxygen atoms in total. The van der Waals surface area contributed by atoms with Gasteiger partial charge in [-0.3, -0.25) is 9.59 Å². The van der Waals surface area contributed by atoms with Crippen molar-refractivity contribution in [1.82, 2.24) is 5.32 Å².